The third-order valence-corrected chi connectivity index (χ3v) is 5.54. The first-order chi connectivity index (χ1) is 9.89. The Labute approximate surface area is 128 Å². The molecule has 5 heteroatoms. The van der Waals surface area contributed by atoms with Gasteiger partial charge in [-0.3, -0.25) is 4.90 Å². The molecule has 0 aliphatic carbocycles. The summed E-state index contributed by atoms with van der Waals surface area (Å²) in [6.07, 6.45) is 5.70. The summed E-state index contributed by atoms with van der Waals surface area (Å²) in [4.78, 5) is 2.58. The fraction of sp³-hybridized carbons (Fsp3) is 0.875. The zero-order chi connectivity index (χ0) is 15.1. The number of hydrogen-bond donors (Lipinski definition) is 0. The van der Waals surface area contributed by atoms with E-state index in [4.69, 9.17) is 14.0 Å². The van der Waals surface area contributed by atoms with Gasteiger partial charge in [0.25, 0.3) is 0 Å². The van der Waals surface area contributed by atoms with Crippen LogP contribution in [0.3, 0.4) is 0 Å². The highest BCUT2D eigenvalue weighted by Crippen LogP contribution is 2.39. The van der Waals surface area contributed by atoms with Crippen molar-refractivity contribution in [3.05, 3.63) is 11.5 Å². The van der Waals surface area contributed by atoms with Gasteiger partial charge in [-0.2, -0.15) is 0 Å². The van der Waals surface area contributed by atoms with Crippen LogP contribution in [0.25, 0.3) is 0 Å². The summed E-state index contributed by atoms with van der Waals surface area (Å²) in [7, 11) is -0.160. The summed E-state index contributed by atoms with van der Waals surface area (Å²) in [5.74, 6) is 0. The molecule has 118 valence electrons. The first-order valence-corrected chi connectivity index (χ1v) is 8.25. The van der Waals surface area contributed by atoms with Crippen molar-refractivity contribution >= 4 is 7.12 Å². The Hall–Kier alpha value is -0.355. The van der Waals surface area contributed by atoms with E-state index >= 15 is 0 Å². The van der Waals surface area contributed by atoms with Crippen LogP contribution < -0.4 is 0 Å². The van der Waals surface area contributed by atoms with E-state index in [1.165, 1.54) is 18.3 Å². The predicted molar refractivity (Wildman–Crippen MR) is 84.2 cm³/mol. The van der Waals surface area contributed by atoms with Crippen LogP contribution in [0, 0.1) is 0 Å². The van der Waals surface area contributed by atoms with E-state index in [9.17, 15) is 0 Å². The minimum absolute atomic E-state index is 0.160. The second-order valence-electron chi connectivity index (χ2n) is 7.46. The van der Waals surface area contributed by atoms with Crippen LogP contribution in [0.5, 0.6) is 0 Å². The van der Waals surface area contributed by atoms with Crippen molar-refractivity contribution in [1.29, 1.82) is 0 Å². The molecule has 3 aliphatic rings. The van der Waals surface area contributed by atoms with E-state index in [1.54, 1.807) is 0 Å². The fourth-order valence-electron chi connectivity index (χ4n) is 3.29. The molecule has 0 radical (unpaired) electrons. The average Bonchev–Trinajstić information content (AvgIpc) is 2.69. The standard InChI is InChI=1S/C16H28BNO3/c1-15(2)16(3,4)21-17(20-15)13-5-9-18(10-6-13)14-7-11-19-12-8-14/h5,14H,6-12H2,1-4H3. The van der Waals surface area contributed by atoms with Crippen LogP contribution >= 0.6 is 0 Å². The first kappa shape index (κ1) is 15.5. The molecular formula is C16H28BNO3. The molecule has 0 amide bonds. The Balaban J connectivity index is 1.60. The second-order valence-corrected chi connectivity index (χ2v) is 7.46. The topological polar surface area (TPSA) is 30.9 Å². The van der Waals surface area contributed by atoms with Crippen molar-refractivity contribution in [1.82, 2.24) is 4.90 Å². The maximum atomic E-state index is 6.16. The molecule has 3 rings (SSSR count). The van der Waals surface area contributed by atoms with E-state index in [1.807, 2.05) is 0 Å². The van der Waals surface area contributed by atoms with Gasteiger partial charge in [0.2, 0.25) is 0 Å². The van der Waals surface area contributed by atoms with E-state index in [0.717, 1.165) is 32.7 Å². The summed E-state index contributed by atoms with van der Waals surface area (Å²) < 4.78 is 17.8. The van der Waals surface area contributed by atoms with Crippen LogP contribution in [0.4, 0.5) is 0 Å². The molecule has 0 bridgehead atoms. The van der Waals surface area contributed by atoms with Gasteiger partial charge in [0.05, 0.1) is 11.2 Å². The number of nitrogens with zero attached hydrogens (tertiary/aromatic N) is 1. The molecule has 2 saturated heterocycles. The average molecular weight is 293 g/mol. The van der Waals surface area contributed by atoms with Gasteiger partial charge in [-0.1, -0.05) is 6.08 Å². The summed E-state index contributed by atoms with van der Waals surface area (Å²) in [6, 6.07) is 0.690. The Bertz CT molecular complexity index is 400. The van der Waals surface area contributed by atoms with Crippen molar-refractivity contribution in [3.63, 3.8) is 0 Å². The quantitative estimate of drug-likeness (QED) is 0.732. The molecule has 21 heavy (non-hydrogen) atoms. The van der Waals surface area contributed by atoms with Crippen molar-refractivity contribution < 1.29 is 14.0 Å². The molecule has 4 nitrogen and oxygen atoms in total. The van der Waals surface area contributed by atoms with Crippen LogP contribution in [-0.4, -0.2) is 55.6 Å². The van der Waals surface area contributed by atoms with Gasteiger partial charge in [-0.05, 0) is 52.4 Å². The molecule has 0 aromatic carbocycles. The minimum atomic E-state index is -0.240. The molecule has 3 aliphatic heterocycles. The van der Waals surface area contributed by atoms with Gasteiger partial charge in [0.1, 0.15) is 0 Å². The van der Waals surface area contributed by atoms with Crippen molar-refractivity contribution in [2.24, 2.45) is 0 Å². The van der Waals surface area contributed by atoms with Crippen molar-refractivity contribution in [2.45, 2.75) is 64.2 Å². The zero-order valence-corrected chi connectivity index (χ0v) is 13.9. The molecule has 3 heterocycles. The highest BCUT2D eigenvalue weighted by Gasteiger charge is 2.52. The Morgan fingerprint density at radius 1 is 1.10 bits per heavy atom. The van der Waals surface area contributed by atoms with Crippen molar-refractivity contribution in [3.8, 4) is 0 Å². The summed E-state index contributed by atoms with van der Waals surface area (Å²) in [5.41, 5.74) is 0.837. The molecule has 0 atom stereocenters. The summed E-state index contributed by atoms with van der Waals surface area (Å²) in [5, 5.41) is 0. The molecule has 0 N–H and O–H groups in total. The summed E-state index contributed by atoms with van der Waals surface area (Å²) >= 11 is 0. The summed E-state index contributed by atoms with van der Waals surface area (Å²) in [6.45, 7) is 12.4. The first-order valence-electron chi connectivity index (χ1n) is 8.25. The maximum absolute atomic E-state index is 6.16. The number of hydrogen-bond acceptors (Lipinski definition) is 4. The van der Waals surface area contributed by atoms with Gasteiger partial charge >= 0.3 is 7.12 Å². The lowest BCUT2D eigenvalue weighted by Crippen LogP contribution is -2.43. The second kappa shape index (κ2) is 5.69. The lowest BCUT2D eigenvalue weighted by molar-refractivity contribution is 0.00578. The zero-order valence-electron chi connectivity index (χ0n) is 13.9. The van der Waals surface area contributed by atoms with Gasteiger partial charge in [0, 0.05) is 32.3 Å². The molecule has 0 unspecified atom stereocenters. The van der Waals surface area contributed by atoms with E-state index in [2.05, 4.69) is 38.7 Å². The highest BCUT2D eigenvalue weighted by atomic mass is 16.7. The highest BCUT2D eigenvalue weighted by molar-refractivity contribution is 6.54. The fourth-order valence-corrected chi connectivity index (χ4v) is 3.29. The number of ether oxygens (including phenoxy) is 1. The van der Waals surface area contributed by atoms with Gasteiger partial charge in [-0.25, -0.2) is 0 Å². The Morgan fingerprint density at radius 3 is 2.24 bits per heavy atom. The molecule has 2 fully saturated rings. The van der Waals surface area contributed by atoms with Crippen molar-refractivity contribution in [2.75, 3.05) is 26.3 Å². The molecule has 0 spiro atoms. The molecule has 0 saturated carbocycles. The largest absolute Gasteiger partial charge is 0.490 e. The third kappa shape index (κ3) is 3.07. The monoisotopic (exact) mass is 293 g/mol. The van der Waals surface area contributed by atoms with E-state index in [-0.39, 0.29) is 18.3 Å². The van der Waals surface area contributed by atoms with E-state index < -0.39 is 0 Å². The molecule has 0 aromatic heterocycles. The van der Waals surface area contributed by atoms with Gasteiger partial charge < -0.3 is 14.0 Å². The Morgan fingerprint density at radius 2 is 1.71 bits per heavy atom. The van der Waals surface area contributed by atoms with Crippen LogP contribution in [0.2, 0.25) is 0 Å². The van der Waals surface area contributed by atoms with Gasteiger partial charge in [-0.15, -0.1) is 0 Å². The normalized spacial score (nSPS) is 30.5. The molecular weight excluding hydrogens is 265 g/mol. The lowest BCUT2D eigenvalue weighted by atomic mass is 9.74. The van der Waals surface area contributed by atoms with E-state index in [0.29, 0.717) is 6.04 Å². The van der Waals surface area contributed by atoms with Crippen LogP contribution in [-0.2, 0) is 14.0 Å². The minimum Gasteiger partial charge on any atom is -0.400 e. The number of rotatable bonds is 2. The lowest BCUT2D eigenvalue weighted by Gasteiger charge is -2.36. The Kier molecular flexibility index (Phi) is 4.21. The molecule has 0 aromatic rings. The predicted octanol–water partition coefficient (Wildman–Crippen LogP) is 2.43. The smallest absolute Gasteiger partial charge is 0.400 e. The van der Waals surface area contributed by atoms with Crippen LogP contribution in [0.15, 0.2) is 11.5 Å². The SMILES string of the molecule is CC1(C)OB(C2=CCN(C3CCOCC3)CC2)OC1(C)C. The van der Waals surface area contributed by atoms with Crippen LogP contribution in [0.1, 0.15) is 47.0 Å². The third-order valence-electron chi connectivity index (χ3n) is 5.54. The maximum Gasteiger partial charge on any atom is 0.490 e. The van der Waals surface area contributed by atoms with Gasteiger partial charge in [0.15, 0.2) is 0 Å².